The molecule has 126 valence electrons. The third kappa shape index (κ3) is 4.92. The number of nitrogens with zero attached hydrogens (tertiary/aromatic N) is 2. The van der Waals surface area contributed by atoms with Gasteiger partial charge in [-0.1, -0.05) is 0 Å². The van der Waals surface area contributed by atoms with E-state index in [0.29, 0.717) is 0 Å². The van der Waals surface area contributed by atoms with Crippen LogP contribution in [0.4, 0.5) is 11.4 Å². The van der Waals surface area contributed by atoms with Gasteiger partial charge in [0.25, 0.3) is 11.6 Å². The number of non-ortho nitro benzene ring substituents is 1. The van der Waals surface area contributed by atoms with Crippen molar-refractivity contribution in [3.05, 3.63) is 33.9 Å². The summed E-state index contributed by atoms with van der Waals surface area (Å²) in [4.78, 5) is 35.4. The Bertz CT molecular complexity index is 602. The first kappa shape index (κ1) is 18.4. The molecule has 2 N–H and O–H groups in total. The van der Waals surface area contributed by atoms with E-state index >= 15 is 0 Å². The first-order chi connectivity index (χ1) is 10.8. The van der Waals surface area contributed by atoms with Crippen molar-refractivity contribution >= 4 is 23.3 Å². The number of carbonyl (C=O) groups is 2. The van der Waals surface area contributed by atoms with E-state index in [2.05, 4.69) is 5.32 Å². The van der Waals surface area contributed by atoms with E-state index in [1.54, 1.807) is 0 Å². The van der Waals surface area contributed by atoms with Gasteiger partial charge in [-0.3, -0.25) is 14.9 Å². The van der Waals surface area contributed by atoms with Crippen molar-refractivity contribution in [3.8, 4) is 0 Å². The van der Waals surface area contributed by atoms with Crippen LogP contribution in [0.2, 0.25) is 0 Å². The summed E-state index contributed by atoms with van der Waals surface area (Å²) in [5.74, 6) is -1.27. The molecule has 0 aromatic heterocycles. The molecule has 0 spiro atoms. The van der Waals surface area contributed by atoms with Gasteiger partial charge < -0.3 is 20.1 Å². The molecule has 1 rings (SSSR count). The Morgan fingerprint density at radius 1 is 1.43 bits per heavy atom. The molecule has 1 atom stereocenters. The average Bonchev–Trinajstić information content (AvgIpc) is 2.51. The Kier molecular flexibility index (Phi) is 6.46. The zero-order valence-corrected chi connectivity index (χ0v) is 13.1. The lowest BCUT2D eigenvalue weighted by Gasteiger charge is -2.18. The van der Waals surface area contributed by atoms with Crippen LogP contribution in [-0.2, 0) is 9.53 Å². The summed E-state index contributed by atoms with van der Waals surface area (Å²) >= 11 is 0. The molecule has 1 aromatic rings. The summed E-state index contributed by atoms with van der Waals surface area (Å²) in [6, 6.07) is 3.64. The van der Waals surface area contributed by atoms with Gasteiger partial charge in [-0.25, -0.2) is 4.79 Å². The number of esters is 1. The van der Waals surface area contributed by atoms with Crippen LogP contribution >= 0.6 is 0 Å². The minimum absolute atomic E-state index is 0.0777. The van der Waals surface area contributed by atoms with Gasteiger partial charge in [0.2, 0.25) is 0 Å². The number of hydrogen-bond acceptors (Lipinski definition) is 7. The number of benzene rings is 1. The number of anilines is 1. The molecule has 0 heterocycles. The van der Waals surface area contributed by atoms with Crippen molar-refractivity contribution in [2.45, 2.75) is 13.0 Å². The van der Waals surface area contributed by atoms with Crippen LogP contribution in [-0.4, -0.2) is 60.2 Å². The summed E-state index contributed by atoms with van der Waals surface area (Å²) in [6.07, 6.45) is -1.03. The summed E-state index contributed by atoms with van der Waals surface area (Å²) in [7, 11) is 3.04. The molecule has 1 aromatic carbocycles. The number of likely N-dealkylation sites (N-methyl/N-ethyl adjacent to an activating group) is 1. The number of ether oxygens (including phenoxy) is 1. The average molecular weight is 325 g/mol. The highest BCUT2D eigenvalue weighted by molar-refractivity contribution is 5.98. The maximum atomic E-state index is 12.2. The Labute approximate surface area is 133 Å². The van der Waals surface area contributed by atoms with Crippen LogP contribution in [0.25, 0.3) is 0 Å². The second-order valence-electron chi connectivity index (χ2n) is 4.92. The third-order valence-electron chi connectivity index (χ3n) is 2.93. The minimum atomic E-state index is -1.03. The number of hydrogen-bond donors (Lipinski definition) is 2. The highest BCUT2D eigenvalue weighted by Gasteiger charge is 2.23. The predicted molar refractivity (Wildman–Crippen MR) is 82.2 cm³/mol. The van der Waals surface area contributed by atoms with Gasteiger partial charge in [0.05, 0.1) is 17.1 Å². The topological polar surface area (TPSA) is 122 Å². The van der Waals surface area contributed by atoms with Crippen LogP contribution in [0, 0.1) is 10.1 Å². The molecule has 0 aliphatic heterocycles. The van der Waals surface area contributed by atoms with Gasteiger partial charge >= 0.3 is 5.97 Å². The largest absolute Gasteiger partial charge is 0.449 e. The lowest BCUT2D eigenvalue weighted by Crippen LogP contribution is -2.35. The van der Waals surface area contributed by atoms with Crippen LogP contribution in [0.5, 0.6) is 0 Å². The molecule has 0 saturated heterocycles. The van der Waals surface area contributed by atoms with Crippen molar-refractivity contribution in [3.63, 3.8) is 0 Å². The van der Waals surface area contributed by atoms with Gasteiger partial charge in [0.15, 0.2) is 6.10 Å². The van der Waals surface area contributed by atoms with E-state index in [9.17, 15) is 19.7 Å². The molecule has 0 bridgehead atoms. The Hall–Kier alpha value is -2.68. The fourth-order valence-electron chi connectivity index (χ4n) is 1.80. The quantitative estimate of drug-likeness (QED) is 0.428. The summed E-state index contributed by atoms with van der Waals surface area (Å²) in [5, 5.41) is 22.5. The second-order valence-corrected chi connectivity index (χ2v) is 4.92. The monoisotopic (exact) mass is 325 g/mol. The van der Waals surface area contributed by atoms with Crippen molar-refractivity contribution < 1.29 is 24.4 Å². The number of nitro benzene ring substituents is 1. The molecule has 0 fully saturated rings. The van der Waals surface area contributed by atoms with Crippen LogP contribution in [0.3, 0.4) is 0 Å². The number of rotatable bonds is 7. The summed E-state index contributed by atoms with van der Waals surface area (Å²) in [5.41, 5.74) is -0.0803. The molecule has 0 saturated carbocycles. The second kappa shape index (κ2) is 8.08. The number of nitro groups is 1. The normalized spacial score (nSPS) is 11.5. The van der Waals surface area contributed by atoms with E-state index in [1.165, 1.54) is 38.1 Å². The van der Waals surface area contributed by atoms with Gasteiger partial charge in [0, 0.05) is 38.5 Å². The molecular weight excluding hydrogens is 306 g/mol. The van der Waals surface area contributed by atoms with Crippen molar-refractivity contribution in [1.82, 2.24) is 4.90 Å². The zero-order chi connectivity index (χ0) is 17.6. The maximum Gasteiger partial charge on any atom is 0.341 e. The smallest absolute Gasteiger partial charge is 0.341 e. The number of amides is 1. The van der Waals surface area contributed by atoms with Crippen molar-refractivity contribution in [2.24, 2.45) is 0 Å². The van der Waals surface area contributed by atoms with Gasteiger partial charge in [-0.05, 0) is 13.0 Å². The van der Waals surface area contributed by atoms with E-state index in [1.807, 2.05) is 0 Å². The predicted octanol–water partition coefficient (Wildman–Crippen LogP) is 0.632. The maximum absolute atomic E-state index is 12.2. The highest BCUT2D eigenvalue weighted by Crippen LogP contribution is 2.23. The molecular formula is C14H19N3O6. The lowest BCUT2D eigenvalue weighted by atomic mass is 10.1. The van der Waals surface area contributed by atoms with Gasteiger partial charge in [-0.2, -0.15) is 0 Å². The number of nitrogens with one attached hydrogen (secondary N) is 1. The third-order valence-corrected chi connectivity index (χ3v) is 2.93. The van der Waals surface area contributed by atoms with Crippen molar-refractivity contribution in [2.75, 3.05) is 32.6 Å². The highest BCUT2D eigenvalue weighted by atomic mass is 16.6. The standard InChI is InChI=1S/C14H19N3O6/c1-9(13(19)16(2)3)23-14(20)11-8-10(17(21)22)4-5-12(11)15-6-7-18/h4-5,8-9,15,18H,6-7H2,1-3H3/t9-/m1/s1. The van der Waals surface area contributed by atoms with Crippen LogP contribution in [0.15, 0.2) is 18.2 Å². The Morgan fingerprint density at radius 2 is 2.09 bits per heavy atom. The fourth-order valence-corrected chi connectivity index (χ4v) is 1.80. The van der Waals surface area contributed by atoms with E-state index < -0.39 is 22.9 Å². The molecule has 1 amide bonds. The molecule has 0 radical (unpaired) electrons. The molecule has 0 unspecified atom stereocenters. The summed E-state index contributed by atoms with van der Waals surface area (Å²) in [6.45, 7) is 1.39. The van der Waals surface area contributed by atoms with Gasteiger partial charge in [-0.15, -0.1) is 0 Å². The van der Waals surface area contributed by atoms with E-state index in [-0.39, 0.29) is 30.1 Å². The molecule has 9 nitrogen and oxygen atoms in total. The van der Waals surface area contributed by atoms with E-state index in [0.717, 1.165) is 6.07 Å². The number of aliphatic hydroxyl groups excluding tert-OH is 1. The number of aliphatic hydroxyl groups is 1. The van der Waals surface area contributed by atoms with E-state index in [4.69, 9.17) is 9.84 Å². The summed E-state index contributed by atoms with van der Waals surface area (Å²) < 4.78 is 5.06. The zero-order valence-electron chi connectivity index (χ0n) is 13.1. The Balaban J connectivity index is 3.06. The first-order valence-corrected chi connectivity index (χ1v) is 6.83. The minimum Gasteiger partial charge on any atom is -0.449 e. The molecule has 9 heteroatoms. The molecule has 0 aliphatic carbocycles. The fraction of sp³-hybridized carbons (Fsp3) is 0.429. The number of carbonyl (C=O) groups excluding carboxylic acids is 2. The van der Waals surface area contributed by atoms with Crippen LogP contribution < -0.4 is 5.32 Å². The SMILES string of the molecule is C[C@@H](OC(=O)c1cc([N+](=O)[O-])ccc1NCCO)C(=O)N(C)C. The molecule has 0 aliphatic rings. The Morgan fingerprint density at radius 3 is 2.61 bits per heavy atom. The molecule has 23 heavy (non-hydrogen) atoms. The first-order valence-electron chi connectivity index (χ1n) is 6.83. The van der Waals surface area contributed by atoms with Gasteiger partial charge in [0.1, 0.15) is 0 Å². The van der Waals surface area contributed by atoms with Crippen LogP contribution in [0.1, 0.15) is 17.3 Å². The van der Waals surface area contributed by atoms with Crippen molar-refractivity contribution in [1.29, 1.82) is 0 Å². The lowest BCUT2D eigenvalue weighted by molar-refractivity contribution is -0.384.